The molecular weight excluding hydrogens is 362 g/mol. The Morgan fingerprint density at radius 1 is 1.31 bits per heavy atom. The highest BCUT2D eigenvalue weighted by molar-refractivity contribution is 8.04. The monoisotopic (exact) mass is 379 g/mol. The molecule has 0 bridgehead atoms. The zero-order valence-electron chi connectivity index (χ0n) is 14.1. The van der Waals surface area contributed by atoms with Crippen molar-refractivity contribution in [3.05, 3.63) is 27.9 Å². The van der Waals surface area contributed by atoms with Crippen LogP contribution in [0.3, 0.4) is 0 Å². The first kappa shape index (κ1) is 19.4. The van der Waals surface area contributed by atoms with E-state index in [0.29, 0.717) is 18.6 Å². The number of H-pyrrole nitrogens is 1. The van der Waals surface area contributed by atoms with Gasteiger partial charge in [0.05, 0.1) is 10.5 Å². The summed E-state index contributed by atoms with van der Waals surface area (Å²) in [5, 5.41) is 10.9. The van der Waals surface area contributed by atoms with Crippen LogP contribution in [0.2, 0.25) is 0 Å². The molecule has 0 radical (unpaired) electrons. The number of amides is 4. The Morgan fingerprint density at radius 3 is 2.65 bits per heavy atom. The van der Waals surface area contributed by atoms with Crippen LogP contribution in [0.25, 0.3) is 0 Å². The Bertz CT molecular complexity index is 800. The van der Waals surface area contributed by atoms with Crippen molar-refractivity contribution in [3.8, 4) is 0 Å². The fourth-order valence-corrected chi connectivity index (χ4v) is 3.19. The third-order valence-corrected chi connectivity index (χ3v) is 4.68. The number of urea groups is 1. The van der Waals surface area contributed by atoms with E-state index in [1.807, 2.05) is 0 Å². The van der Waals surface area contributed by atoms with Gasteiger partial charge in [-0.3, -0.25) is 29.2 Å². The lowest BCUT2D eigenvalue weighted by Crippen LogP contribution is -2.37. The van der Waals surface area contributed by atoms with Crippen molar-refractivity contribution >= 4 is 41.7 Å². The fraction of sp³-hybridized carbons (Fsp3) is 0.333. The molecule has 0 saturated heterocycles. The molecule has 1 aliphatic carbocycles. The van der Waals surface area contributed by atoms with Crippen molar-refractivity contribution in [2.75, 3.05) is 26.4 Å². The number of carbonyl (C=O) groups excluding carboxylic acids is 5. The maximum absolute atomic E-state index is 12.6. The Hall–Kier alpha value is -2.95. The van der Waals surface area contributed by atoms with Gasteiger partial charge in [0.1, 0.15) is 11.4 Å². The predicted octanol–water partition coefficient (Wildman–Crippen LogP) is -0.0467. The number of fused-ring (bicyclic) bond motifs is 1. The van der Waals surface area contributed by atoms with Crippen molar-refractivity contribution in [2.45, 2.75) is 6.42 Å². The largest absolute Gasteiger partial charge is 0.354 e. The second-order valence-electron chi connectivity index (χ2n) is 5.16. The number of rotatable bonds is 7. The number of Topliss-reactive ketones (excluding diaryl/α,β-unsaturated/α-hetero) is 1. The van der Waals surface area contributed by atoms with E-state index in [1.54, 1.807) is 0 Å². The van der Waals surface area contributed by atoms with Crippen LogP contribution < -0.4 is 10.6 Å². The summed E-state index contributed by atoms with van der Waals surface area (Å²) in [6.07, 6.45) is 2.03. The summed E-state index contributed by atoms with van der Waals surface area (Å²) in [4.78, 5) is 59.9. The molecule has 11 heteroatoms. The Labute approximate surface area is 152 Å². The number of nitrogens with zero attached hydrogens (tertiary/aromatic N) is 2. The standard InChI is InChI=1S/C15H17N5O5S/c1-16-14(24)12-10-11(18-19-12)8(22)6-9(13(10)23)26-5-3-4-20(7-21)15(25)17-2/h6-7H,3-5H2,1-2H3,(H,16,24)(H,17,25)(H,18,19). The molecule has 1 aliphatic rings. The SMILES string of the molecule is CNC(=O)c1[nH]nc2c1C(=O)C(SCCCN(C=O)C(=O)NC)=CC2=O. The topological polar surface area (TPSA) is 141 Å². The van der Waals surface area contributed by atoms with E-state index in [2.05, 4.69) is 20.8 Å². The number of hydrogen-bond donors (Lipinski definition) is 3. The number of carbonyl (C=O) groups is 5. The van der Waals surface area contributed by atoms with Gasteiger partial charge in [-0.25, -0.2) is 4.79 Å². The third kappa shape index (κ3) is 3.82. The lowest BCUT2D eigenvalue weighted by molar-refractivity contribution is -0.115. The quantitative estimate of drug-likeness (QED) is 0.445. The van der Waals surface area contributed by atoms with Gasteiger partial charge in [0.15, 0.2) is 0 Å². The minimum absolute atomic E-state index is 0.0424. The van der Waals surface area contributed by atoms with Crippen LogP contribution >= 0.6 is 11.8 Å². The average Bonchev–Trinajstić information content (AvgIpc) is 3.10. The van der Waals surface area contributed by atoms with Crippen LogP contribution in [0.15, 0.2) is 11.0 Å². The first-order valence-corrected chi connectivity index (χ1v) is 8.60. The summed E-state index contributed by atoms with van der Waals surface area (Å²) in [6, 6.07) is -0.522. The van der Waals surface area contributed by atoms with Crippen LogP contribution in [-0.2, 0) is 4.79 Å². The highest BCUT2D eigenvalue weighted by Crippen LogP contribution is 2.29. The van der Waals surface area contributed by atoms with E-state index < -0.39 is 23.5 Å². The van der Waals surface area contributed by atoms with Crippen LogP contribution in [0.4, 0.5) is 4.79 Å². The predicted molar refractivity (Wildman–Crippen MR) is 93.0 cm³/mol. The summed E-state index contributed by atoms with van der Waals surface area (Å²) >= 11 is 1.12. The minimum atomic E-state index is -0.543. The van der Waals surface area contributed by atoms with Crippen LogP contribution in [0.1, 0.15) is 37.8 Å². The van der Waals surface area contributed by atoms with E-state index >= 15 is 0 Å². The zero-order chi connectivity index (χ0) is 19.3. The van der Waals surface area contributed by atoms with Crippen LogP contribution in [-0.4, -0.2) is 71.4 Å². The molecule has 0 fully saturated rings. The molecular formula is C15H17N5O5S. The van der Waals surface area contributed by atoms with E-state index in [0.717, 1.165) is 16.7 Å². The molecule has 1 aromatic heterocycles. The molecule has 0 aliphatic heterocycles. The first-order valence-electron chi connectivity index (χ1n) is 7.62. The molecule has 0 unspecified atom stereocenters. The normalized spacial score (nSPS) is 12.9. The number of ketones is 2. The lowest BCUT2D eigenvalue weighted by atomic mass is 9.99. The molecule has 0 aromatic carbocycles. The second kappa shape index (κ2) is 8.43. The van der Waals surface area contributed by atoms with Gasteiger partial charge in [-0.05, 0) is 12.2 Å². The van der Waals surface area contributed by atoms with Crippen LogP contribution in [0, 0.1) is 0 Å². The maximum Gasteiger partial charge on any atom is 0.323 e. The van der Waals surface area contributed by atoms with Gasteiger partial charge in [-0.2, -0.15) is 5.10 Å². The molecule has 2 rings (SSSR count). The van der Waals surface area contributed by atoms with Gasteiger partial charge in [-0.1, -0.05) is 0 Å². The van der Waals surface area contributed by atoms with Gasteiger partial charge >= 0.3 is 6.03 Å². The van der Waals surface area contributed by atoms with Gasteiger partial charge in [0, 0.05) is 26.7 Å². The Kier molecular flexibility index (Phi) is 6.28. The summed E-state index contributed by atoms with van der Waals surface area (Å²) in [5.74, 6) is -1.07. The second-order valence-corrected chi connectivity index (χ2v) is 6.30. The van der Waals surface area contributed by atoms with Crippen molar-refractivity contribution in [1.29, 1.82) is 0 Å². The van der Waals surface area contributed by atoms with Gasteiger partial charge in [0.25, 0.3) is 5.91 Å². The average molecular weight is 379 g/mol. The third-order valence-electron chi connectivity index (χ3n) is 3.57. The summed E-state index contributed by atoms with van der Waals surface area (Å²) in [5.41, 5.74) is -0.178. The molecule has 4 amide bonds. The lowest BCUT2D eigenvalue weighted by Gasteiger charge is -2.15. The van der Waals surface area contributed by atoms with E-state index in [4.69, 9.17) is 0 Å². The van der Waals surface area contributed by atoms with Crippen molar-refractivity contribution in [1.82, 2.24) is 25.7 Å². The smallest absolute Gasteiger partial charge is 0.323 e. The minimum Gasteiger partial charge on any atom is -0.354 e. The number of thioether (sulfide) groups is 1. The zero-order valence-corrected chi connectivity index (χ0v) is 14.9. The first-order chi connectivity index (χ1) is 12.4. The molecule has 1 heterocycles. The Morgan fingerprint density at radius 2 is 2.04 bits per heavy atom. The molecule has 3 N–H and O–H groups in total. The highest BCUT2D eigenvalue weighted by Gasteiger charge is 2.33. The molecule has 26 heavy (non-hydrogen) atoms. The fourth-order valence-electron chi connectivity index (χ4n) is 2.28. The van der Waals surface area contributed by atoms with Gasteiger partial charge in [-0.15, -0.1) is 11.8 Å². The maximum atomic E-state index is 12.6. The number of aromatic amines is 1. The molecule has 0 saturated carbocycles. The molecule has 10 nitrogen and oxygen atoms in total. The summed E-state index contributed by atoms with van der Waals surface area (Å²) < 4.78 is 0. The van der Waals surface area contributed by atoms with Gasteiger partial charge in [0.2, 0.25) is 18.0 Å². The van der Waals surface area contributed by atoms with E-state index in [-0.39, 0.29) is 28.4 Å². The number of imide groups is 1. The van der Waals surface area contributed by atoms with Crippen molar-refractivity contribution < 1.29 is 24.0 Å². The molecule has 1 aromatic rings. The van der Waals surface area contributed by atoms with Gasteiger partial charge < -0.3 is 10.6 Å². The van der Waals surface area contributed by atoms with E-state index in [1.165, 1.54) is 20.2 Å². The summed E-state index contributed by atoms with van der Waals surface area (Å²) in [6.45, 7) is 0.173. The van der Waals surface area contributed by atoms with Crippen LogP contribution in [0.5, 0.6) is 0 Å². The number of hydrogen-bond acceptors (Lipinski definition) is 7. The Balaban J connectivity index is 2.04. The van der Waals surface area contributed by atoms with E-state index in [9.17, 15) is 24.0 Å². The highest BCUT2D eigenvalue weighted by atomic mass is 32.2. The molecule has 138 valence electrons. The number of nitrogens with one attached hydrogen (secondary N) is 3. The summed E-state index contributed by atoms with van der Waals surface area (Å²) in [7, 11) is 2.82. The van der Waals surface area contributed by atoms with Crippen molar-refractivity contribution in [2.24, 2.45) is 0 Å². The molecule has 0 atom stereocenters. The van der Waals surface area contributed by atoms with Crippen molar-refractivity contribution in [3.63, 3.8) is 0 Å². The number of allylic oxidation sites excluding steroid dienone is 2. The number of aromatic nitrogens is 2. The molecule has 0 spiro atoms.